The Bertz CT molecular complexity index is 2360. The fourth-order valence-corrected chi connectivity index (χ4v) is 12.5. The predicted molar refractivity (Wildman–Crippen MR) is 244 cm³/mol. The summed E-state index contributed by atoms with van der Waals surface area (Å²) in [5, 5.41) is 6.00. The van der Waals surface area contributed by atoms with Gasteiger partial charge in [-0.2, -0.15) is 0 Å². The molecule has 1 amide bonds. The number of anilines is 1. The number of rotatable bonds is 17. The molecule has 6 atom stereocenters. The molecule has 2 aromatic heterocycles. The van der Waals surface area contributed by atoms with E-state index in [2.05, 4.69) is 11.9 Å². The molecular formula is C47H58ClN4O8PS. The maximum atomic E-state index is 15.0. The van der Waals surface area contributed by atoms with Gasteiger partial charge in [0.2, 0.25) is 13.3 Å². The summed E-state index contributed by atoms with van der Waals surface area (Å²) >= 11 is 7.58. The number of amides is 1. The number of nitrogens with one attached hydrogen (secondary N) is 1. The van der Waals surface area contributed by atoms with Crippen molar-refractivity contribution >= 4 is 64.0 Å². The van der Waals surface area contributed by atoms with Gasteiger partial charge in [0.15, 0.2) is 10.9 Å². The maximum Gasteiger partial charge on any atom is 0.306 e. The number of nitrogens with zero attached hydrogens (tertiary/aromatic N) is 3. The zero-order valence-electron chi connectivity index (χ0n) is 36.4. The quantitative estimate of drug-likeness (QED) is 0.0590. The molecule has 7 rings (SSSR count). The first kappa shape index (κ1) is 45.7. The number of methoxy groups -OCH3 is 1. The number of pyridine rings is 1. The van der Waals surface area contributed by atoms with Gasteiger partial charge in [-0.05, 0) is 87.1 Å². The molecule has 3 fully saturated rings. The fraction of sp³-hybridized carbons (Fsp3) is 0.511. The van der Waals surface area contributed by atoms with E-state index in [1.165, 1.54) is 11.3 Å². The van der Waals surface area contributed by atoms with Crippen molar-refractivity contribution < 1.29 is 38.1 Å². The van der Waals surface area contributed by atoms with Crippen molar-refractivity contribution in [1.82, 2.24) is 14.9 Å². The summed E-state index contributed by atoms with van der Waals surface area (Å²) in [6.07, 6.45) is 4.38. The first-order chi connectivity index (χ1) is 29.4. The summed E-state index contributed by atoms with van der Waals surface area (Å²) in [7, 11) is -2.43. The maximum absolute atomic E-state index is 15.0. The summed E-state index contributed by atoms with van der Waals surface area (Å²) in [6, 6.07) is 13.3. The molecule has 4 aromatic rings. The van der Waals surface area contributed by atoms with Gasteiger partial charge in [-0.3, -0.25) is 18.9 Å². The molecule has 332 valence electrons. The van der Waals surface area contributed by atoms with E-state index in [1.54, 1.807) is 42.4 Å². The first-order valence-corrected chi connectivity index (χ1v) is 24.6. The average Bonchev–Trinajstić information content (AvgIpc) is 3.61. The van der Waals surface area contributed by atoms with Gasteiger partial charge in [0.25, 0.3) is 0 Å². The lowest BCUT2D eigenvalue weighted by atomic mass is 9.77. The number of thiazole rings is 1. The van der Waals surface area contributed by atoms with Crippen molar-refractivity contribution in [3.63, 3.8) is 0 Å². The van der Waals surface area contributed by atoms with Crippen LogP contribution >= 0.6 is 30.3 Å². The van der Waals surface area contributed by atoms with Crippen LogP contribution in [0.4, 0.5) is 5.13 Å². The summed E-state index contributed by atoms with van der Waals surface area (Å²) in [5.41, 5.74) is 1.81. The Morgan fingerprint density at radius 1 is 1.08 bits per heavy atom. The predicted octanol–water partition coefficient (Wildman–Crippen LogP) is 10.1. The van der Waals surface area contributed by atoms with Crippen LogP contribution in [0.1, 0.15) is 91.5 Å². The standard InChI is InChI=1S/C47H58ClN4O8PS/c1-8-30-23-47(30,61(56,57)26-29-13-15-31(48)16-14-29)24-41(53)40-20-34(25-52(40)44(55)36(46(4,5)6)21-43(54)60-32-11-9-10-12-32)59-42-22-38(39-27-62-45(51-39)49-28(2)3)50-37-19-33(58-7)17-18-35(37)42/h8,13-19,22,27-28,30,32,34,36,40H,1,9-12,20-21,23-26H2,2-7H3,(H,49,51)(H,56,57)/t30-,34-,36-,40+,47-/m1/s1. The number of esters is 1. The van der Waals surface area contributed by atoms with Crippen molar-refractivity contribution in [2.75, 3.05) is 19.0 Å². The van der Waals surface area contributed by atoms with E-state index >= 15 is 0 Å². The van der Waals surface area contributed by atoms with E-state index in [1.807, 2.05) is 64.3 Å². The van der Waals surface area contributed by atoms with Gasteiger partial charge in [0.1, 0.15) is 29.4 Å². The minimum absolute atomic E-state index is 0.0490. The second-order valence-electron chi connectivity index (χ2n) is 18.5. The van der Waals surface area contributed by atoms with Crippen molar-refractivity contribution in [3.8, 4) is 22.9 Å². The first-order valence-electron chi connectivity index (χ1n) is 21.5. The van der Waals surface area contributed by atoms with E-state index in [-0.39, 0.29) is 61.7 Å². The molecule has 3 heterocycles. The molecule has 2 saturated carbocycles. The topological polar surface area (TPSA) is 157 Å². The number of hydrogen-bond acceptors (Lipinski definition) is 11. The number of likely N-dealkylation sites (tertiary alicyclic amines) is 1. The number of aromatic nitrogens is 2. The number of ether oxygens (including phenoxy) is 3. The average molecular weight is 905 g/mol. The molecule has 2 N–H and O–H groups in total. The molecule has 0 bridgehead atoms. The third-order valence-electron chi connectivity index (χ3n) is 12.6. The number of halogens is 1. The molecule has 2 aliphatic carbocycles. The van der Waals surface area contributed by atoms with Crippen LogP contribution < -0.4 is 14.8 Å². The lowest BCUT2D eigenvalue weighted by molar-refractivity contribution is -0.156. The molecule has 3 aliphatic rings. The number of allylic oxidation sites excluding steroid dienone is 1. The highest BCUT2D eigenvalue weighted by Gasteiger charge is 2.65. The van der Waals surface area contributed by atoms with Crippen LogP contribution in [-0.4, -0.2) is 80.5 Å². The molecule has 1 aliphatic heterocycles. The number of Topliss-reactive ketones (excluding diaryl/α,β-unsaturated/α-hetero) is 1. The van der Waals surface area contributed by atoms with Gasteiger partial charge in [0, 0.05) is 46.8 Å². The van der Waals surface area contributed by atoms with Gasteiger partial charge >= 0.3 is 5.97 Å². The Hall–Kier alpha value is -4.29. The Labute approximate surface area is 373 Å². The van der Waals surface area contributed by atoms with E-state index in [9.17, 15) is 23.8 Å². The zero-order chi connectivity index (χ0) is 44.6. The lowest BCUT2D eigenvalue weighted by Gasteiger charge is -2.35. The van der Waals surface area contributed by atoms with Crippen molar-refractivity contribution in [2.45, 2.75) is 122 Å². The Morgan fingerprint density at radius 3 is 2.45 bits per heavy atom. The van der Waals surface area contributed by atoms with Crippen molar-refractivity contribution in [1.29, 1.82) is 0 Å². The Balaban J connectivity index is 1.22. The van der Waals surface area contributed by atoms with E-state index < -0.39 is 42.0 Å². The monoisotopic (exact) mass is 904 g/mol. The fourth-order valence-electron chi connectivity index (χ4n) is 8.99. The highest BCUT2D eigenvalue weighted by atomic mass is 35.5. The Morgan fingerprint density at radius 2 is 1.81 bits per heavy atom. The molecule has 15 heteroatoms. The number of benzene rings is 2. The summed E-state index contributed by atoms with van der Waals surface area (Å²) in [4.78, 5) is 66.4. The minimum atomic E-state index is -4.01. The van der Waals surface area contributed by atoms with Gasteiger partial charge in [-0.1, -0.05) is 50.6 Å². The highest BCUT2D eigenvalue weighted by molar-refractivity contribution is 7.59. The van der Waals surface area contributed by atoms with Crippen molar-refractivity contribution in [2.24, 2.45) is 17.3 Å². The van der Waals surface area contributed by atoms with E-state index in [4.69, 9.17) is 35.8 Å². The molecule has 2 aromatic carbocycles. The third kappa shape index (κ3) is 10.1. The van der Waals surface area contributed by atoms with E-state index in [0.29, 0.717) is 50.8 Å². The number of fused-ring (bicyclic) bond motifs is 1. The van der Waals surface area contributed by atoms with Crippen LogP contribution in [0, 0.1) is 17.3 Å². The second-order valence-corrected chi connectivity index (χ2v) is 22.4. The summed E-state index contributed by atoms with van der Waals surface area (Å²) in [6.45, 7) is 13.8. The van der Waals surface area contributed by atoms with Gasteiger partial charge in [-0.25, -0.2) is 9.97 Å². The normalized spacial score (nSPS) is 22.9. The third-order valence-corrected chi connectivity index (χ3v) is 16.4. The zero-order valence-corrected chi connectivity index (χ0v) is 38.9. The van der Waals surface area contributed by atoms with Crippen LogP contribution in [0.15, 0.2) is 66.6 Å². The SMILES string of the molecule is C=C[C@@H]1C[C@]1(CC(=O)[C@@H]1C[C@@H](Oc2cc(-c3csc(NC(C)C)n3)nc3cc(OC)ccc23)CN1C(=O)[C@@H](CC(=O)OC1CCCC1)C(C)(C)C)P(=O)(O)Cc1ccc(Cl)cc1. The molecule has 1 saturated heterocycles. The Kier molecular flexibility index (Phi) is 13.6. The van der Waals surface area contributed by atoms with Crippen LogP contribution in [0.25, 0.3) is 22.3 Å². The number of carbonyl (C=O) groups excluding carboxylic acids is 3. The van der Waals surface area contributed by atoms with Crippen LogP contribution in [0.2, 0.25) is 5.02 Å². The largest absolute Gasteiger partial charge is 0.497 e. The molecular weight excluding hydrogens is 847 g/mol. The number of ketones is 1. The van der Waals surface area contributed by atoms with Gasteiger partial charge in [-0.15, -0.1) is 17.9 Å². The van der Waals surface area contributed by atoms with Gasteiger partial charge in [0.05, 0.1) is 54.6 Å². The van der Waals surface area contributed by atoms with Crippen LogP contribution in [-0.2, 0) is 29.8 Å². The van der Waals surface area contributed by atoms with Gasteiger partial charge < -0.3 is 29.3 Å². The lowest BCUT2D eigenvalue weighted by Crippen LogP contribution is -2.48. The number of hydrogen-bond donors (Lipinski definition) is 2. The van der Waals surface area contributed by atoms with Crippen LogP contribution in [0.5, 0.6) is 11.5 Å². The summed E-state index contributed by atoms with van der Waals surface area (Å²) in [5.74, 6) is -1.20. The molecule has 0 radical (unpaired) electrons. The summed E-state index contributed by atoms with van der Waals surface area (Å²) < 4.78 is 32.6. The van der Waals surface area contributed by atoms with Crippen LogP contribution in [0.3, 0.4) is 0 Å². The minimum Gasteiger partial charge on any atom is -0.497 e. The number of carbonyl (C=O) groups is 3. The van der Waals surface area contributed by atoms with E-state index in [0.717, 1.165) is 30.8 Å². The molecule has 12 nitrogen and oxygen atoms in total. The second kappa shape index (κ2) is 18.4. The molecule has 0 spiro atoms. The van der Waals surface area contributed by atoms with Crippen molar-refractivity contribution in [3.05, 3.63) is 77.2 Å². The molecule has 62 heavy (non-hydrogen) atoms. The smallest absolute Gasteiger partial charge is 0.306 e. The molecule has 1 unspecified atom stereocenters. The highest BCUT2D eigenvalue weighted by Crippen LogP contribution is 2.74.